The highest BCUT2D eigenvalue weighted by Gasteiger charge is 2.38. The predicted octanol–water partition coefficient (Wildman–Crippen LogP) is 3.53. The van der Waals surface area contributed by atoms with Crippen LogP contribution in [0.2, 0.25) is 0 Å². The third-order valence-electron chi connectivity index (χ3n) is 3.59. The molecule has 2 atom stereocenters. The smallest absolute Gasteiger partial charge is 0.0692 e. The molecule has 0 amide bonds. The molecule has 1 fully saturated rings. The van der Waals surface area contributed by atoms with Crippen LogP contribution in [0.25, 0.3) is 0 Å². The summed E-state index contributed by atoms with van der Waals surface area (Å²) in [5.41, 5.74) is 1.24. The van der Waals surface area contributed by atoms with Crippen molar-refractivity contribution in [3.8, 4) is 6.07 Å². The lowest BCUT2D eigenvalue weighted by Crippen LogP contribution is -2.32. The van der Waals surface area contributed by atoms with Gasteiger partial charge in [0.1, 0.15) is 0 Å². The maximum Gasteiger partial charge on any atom is 0.0692 e. The van der Waals surface area contributed by atoms with Crippen molar-refractivity contribution < 1.29 is 0 Å². The molecule has 0 heterocycles. The Morgan fingerprint density at radius 2 is 2.23 bits per heavy atom. The van der Waals surface area contributed by atoms with Gasteiger partial charge >= 0.3 is 0 Å². The first-order valence-electron chi connectivity index (χ1n) is 5.11. The van der Waals surface area contributed by atoms with Crippen molar-refractivity contribution in [2.24, 2.45) is 17.3 Å². The zero-order valence-corrected chi connectivity index (χ0v) is 8.93. The van der Waals surface area contributed by atoms with E-state index in [1.54, 1.807) is 0 Å². The average molecular weight is 177 g/mol. The zero-order chi connectivity index (χ0) is 10.1. The standard InChI is InChI=1S/C12H19N/c1-9(2)12(8-13)6-5-10(3)11(4)7-12/h9,11H,3,5-7H2,1-2,4H3. The fourth-order valence-corrected chi connectivity index (χ4v) is 2.18. The van der Waals surface area contributed by atoms with Gasteiger partial charge in [-0.15, -0.1) is 0 Å². The van der Waals surface area contributed by atoms with E-state index in [1.807, 2.05) is 0 Å². The Morgan fingerprint density at radius 3 is 2.62 bits per heavy atom. The minimum Gasteiger partial charge on any atom is -0.198 e. The zero-order valence-electron chi connectivity index (χ0n) is 8.93. The van der Waals surface area contributed by atoms with Crippen molar-refractivity contribution in [3.05, 3.63) is 12.2 Å². The van der Waals surface area contributed by atoms with Gasteiger partial charge in [0.15, 0.2) is 0 Å². The molecular weight excluding hydrogens is 158 g/mol. The molecule has 1 heteroatoms. The van der Waals surface area contributed by atoms with Crippen LogP contribution >= 0.6 is 0 Å². The van der Waals surface area contributed by atoms with Gasteiger partial charge in [0.05, 0.1) is 11.5 Å². The summed E-state index contributed by atoms with van der Waals surface area (Å²) >= 11 is 0. The molecule has 0 radical (unpaired) electrons. The number of rotatable bonds is 1. The molecule has 72 valence electrons. The molecule has 0 N–H and O–H groups in total. The van der Waals surface area contributed by atoms with Crippen molar-refractivity contribution in [1.82, 2.24) is 0 Å². The number of allylic oxidation sites excluding steroid dienone is 1. The molecule has 0 aromatic heterocycles. The lowest BCUT2D eigenvalue weighted by molar-refractivity contribution is 0.184. The summed E-state index contributed by atoms with van der Waals surface area (Å²) < 4.78 is 0. The van der Waals surface area contributed by atoms with Crippen LogP contribution in [-0.2, 0) is 0 Å². The molecule has 1 rings (SSSR count). The quantitative estimate of drug-likeness (QED) is 0.562. The number of hydrogen-bond acceptors (Lipinski definition) is 1. The Balaban J connectivity index is 2.82. The van der Waals surface area contributed by atoms with Crippen molar-refractivity contribution in [3.63, 3.8) is 0 Å². The van der Waals surface area contributed by atoms with Crippen LogP contribution in [0.15, 0.2) is 12.2 Å². The largest absolute Gasteiger partial charge is 0.198 e. The first-order chi connectivity index (χ1) is 6.02. The molecule has 1 saturated carbocycles. The van der Waals surface area contributed by atoms with Gasteiger partial charge in [0.25, 0.3) is 0 Å². The summed E-state index contributed by atoms with van der Waals surface area (Å²) in [6.07, 6.45) is 3.04. The lowest BCUT2D eigenvalue weighted by atomic mass is 9.64. The molecule has 0 aliphatic heterocycles. The molecule has 0 spiro atoms. The first-order valence-corrected chi connectivity index (χ1v) is 5.11. The summed E-state index contributed by atoms with van der Waals surface area (Å²) in [5.74, 6) is 0.990. The van der Waals surface area contributed by atoms with E-state index in [2.05, 4.69) is 33.4 Å². The summed E-state index contributed by atoms with van der Waals surface area (Å²) in [4.78, 5) is 0. The summed E-state index contributed by atoms with van der Waals surface area (Å²) in [6, 6.07) is 2.53. The van der Waals surface area contributed by atoms with Gasteiger partial charge in [-0.1, -0.05) is 32.9 Å². The molecular formula is C12H19N. The Labute approximate surface area is 81.5 Å². The molecule has 0 aromatic carbocycles. The maximum absolute atomic E-state index is 9.24. The Kier molecular flexibility index (Phi) is 2.81. The van der Waals surface area contributed by atoms with E-state index >= 15 is 0 Å². The molecule has 0 aromatic rings. The Hall–Kier alpha value is -0.770. The van der Waals surface area contributed by atoms with Gasteiger partial charge < -0.3 is 0 Å². The van der Waals surface area contributed by atoms with Crippen LogP contribution in [0.4, 0.5) is 0 Å². The topological polar surface area (TPSA) is 23.8 Å². The van der Waals surface area contributed by atoms with E-state index in [-0.39, 0.29) is 5.41 Å². The van der Waals surface area contributed by atoms with Crippen LogP contribution in [0.5, 0.6) is 0 Å². The van der Waals surface area contributed by atoms with Gasteiger partial charge in [0.2, 0.25) is 0 Å². The Bertz CT molecular complexity index is 246. The predicted molar refractivity (Wildman–Crippen MR) is 55.0 cm³/mol. The Morgan fingerprint density at radius 1 is 1.62 bits per heavy atom. The number of nitriles is 1. The van der Waals surface area contributed by atoms with E-state index in [0.29, 0.717) is 11.8 Å². The van der Waals surface area contributed by atoms with E-state index in [0.717, 1.165) is 19.3 Å². The minimum absolute atomic E-state index is 0.0827. The van der Waals surface area contributed by atoms with Gasteiger partial charge in [-0.2, -0.15) is 5.26 Å². The molecule has 1 aliphatic rings. The van der Waals surface area contributed by atoms with Crippen LogP contribution in [-0.4, -0.2) is 0 Å². The van der Waals surface area contributed by atoms with Gasteiger partial charge in [-0.3, -0.25) is 0 Å². The third kappa shape index (κ3) is 1.77. The van der Waals surface area contributed by atoms with Crippen molar-refractivity contribution in [2.45, 2.75) is 40.0 Å². The van der Waals surface area contributed by atoms with Gasteiger partial charge in [0, 0.05) is 0 Å². The van der Waals surface area contributed by atoms with Crippen molar-refractivity contribution in [1.29, 1.82) is 5.26 Å². The van der Waals surface area contributed by atoms with Crippen LogP contribution in [0.3, 0.4) is 0 Å². The highest BCUT2D eigenvalue weighted by molar-refractivity contribution is 5.13. The maximum atomic E-state index is 9.24. The van der Waals surface area contributed by atoms with E-state index < -0.39 is 0 Å². The van der Waals surface area contributed by atoms with E-state index in [1.165, 1.54) is 5.57 Å². The first kappa shape index (κ1) is 10.3. The SMILES string of the molecule is C=C1CCC(C#N)(C(C)C)CC1C. The molecule has 0 bridgehead atoms. The molecule has 1 nitrogen and oxygen atoms in total. The number of nitrogens with zero attached hydrogens (tertiary/aromatic N) is 1. The fraction of sp³-hybridized carbons (Fsp3) is 0.750. The van der Waals surface area contributed by atoms with Crippen molar-refractivity contribution >= 4 is 0 Å². The normalized spacial score (nSPS) is 34.7. The molecule has 2 unspecified atom stereocenters. The van der Waals surface area contributed by atoms with E-state index in [4.69, 9.17) is 0 Å². The van der Waals surface area contributed by atoms with Crippen LogP contribution in [0.1, 0.15) is 40.0 Å². The second-order valence-electron chi connectivity index (χ2n) is 4.69. The summed E-state index contributed by atoms with van der Waals surface area (Å²) in [5, 5.41) is 9.24. The van der Waals surface area contributed by atoms with Crippen LogP contribution in [0, 0.1) is 28.6 Å². The van der Waals surface area contributed by atoms with Gasteiger partial charge in [-0.25, -0.2) is 0 Å². The number of hydrogen-bond donors (Lipinski definition) is 0. The molecule has 0 saturated heterocycles. The summed E-state index contributed by atoms with van der Waals surface area (Å²) in [7, 11) is 0. The summed E-state index contributed by atoms with van der Waals surface area (Å²) in [6.45, 7) is 10.5. The molecule has 1 aliphatic carbocycles. The highest BCUT2D eigenvalue weighted by Crippen LogP contribution is 2.45. The monoisotopic (exact) mass is 177 g/mol. The second-order valence-corrected chi connectivity index (χ2v) is 4.69. The molecule has 13 heavy (non-hydrogen) atoms. The lowest BCUT2D eigenvalue weighted by Gasteiger charge is -2.38. The van der Waals surface area contributed by atoms with Crippen molar-refractivity contribution in [2.75, 3.05) is 0 Å². The second kappa shape index (κ2) is 3.54. The fourth-order valence-electron chi connectivity index (χ4n) is 2.18. The third-order valence-corrected chi connectivity index (χ3v) is 3.59. The highest BCUT2D eigenvalue weighted by atomic mass is 14.4. The van der Waals surface area contributed by atoms with E-state index in [9.17, 15) is 5.26 Å². The van der Waals surface area contributed by atoms with Crippen LogP contribution < -0.4 is 0 Å². The average Bonchev–Trinajstić information content (AvgIpc) is 2.09. The minimum atomic E-state index is -0.0827. The van der Waals surface area contributed by atoms with Gasteiger partial charge in [-0.05, 0) is 31.1 Å².